The van der Waals surface area contributed by atoms with Crippen LogP contribution < -0.4 is 5.73 Å². The Morgan fingerprint density at radius 2 is 2.24 bits per heavy atom. The Hall–Kier alpha value is -0.190. The van der Waals surface area contributed by atoms with Gasteiger partial charge in [0, 0.05) is 46.4 Å². The Morgan fingerprint density at radius 3 is 2.94 bits per heavy atom. The number of thioether (sulfide) groups is 2. The lowest BCUT2D eigenvalue weighted by Gasteiger charge is -2.34. The molecule has 3 atom stereocenters. The van der Waals surface area contributed by atoms with E-state index in [0.29, 0.717) is 10.5 Å². The minimum atomic E-state index is 0.229. The fourth-order valence-electron chi connectivity index (χ4n) is 2.21. The molecule has 0 aliphatic carbocycles. The molecule has 0 radical (unpaired) electrons. The largest absolute Gasteiger partial charge is 0.326 e. The number of nitrogens with two attached hydrogens (primary N) is 1. The van der Waals surface area contributed by atoms with Crippen LogP contribution in [0.25, 0.3) is 0 Å². The van der Waals surface area contributed by atoms with E-state index in [-0.39, 0.29) is 6.04 Å². The van der Waals surface area contributed by atoms with E-state index in [1.54, 1.807) is 0 Å². The molecule has 1 aromatic rings. The summed E-state index contributed by atoms with van der Waals surface area (Å²) in [5, 5.41) is 1.30. The van der Waals surface area contributed by atoms with Crippen molar-refractivity contribution in [2.24, 2.45) is 5.73 Å². The molecule has 2 rings (SSSR count). The Bertz CT molecular complexity index is 331. The second-order valence-corrected chi connectivity index (χ2v) is 6.97. The van der Waals surface area contributed by atoms with Crippen molar-refractivity contribution in [1.29, 1.82) is 0 Å². The molecule has 17 heavy (non-hydrogen) atoms. The number of hydrogen-bond donors (Lipinski definition) is 1. The normalized spacial score (nSPS) is 26.7. The summed E-state index contributed by atoms with van der Waals surface area (Å²) in [6.45, 7) is 2.27. The molecule has 1 aliphatic rings. The van der Waals surface area contributed by atoms with Crippen molar-refractivity contribution < 1.29 is 0 Å². The Labute approximate surface area is 112 Å². The van der Waals surface area contributed by atoms with E-state index in [1.165, 1.54) is 17.9 Å². The van der Waals surface area contributed by atoms with E-state index in [9.17, 15) is 0 Å². The van der Waals surface area contributed by atoms with Crippen LogP contribution in [0.5, 0.6) is 0 Å². The standard InChI is InChI=1S/C13H20N2S2/c1-2-12-13(17-8-7-16-12)11(14)9-10-5-3-4-6-15-10/h3-6,11-13H,2,7-9,14H2,1H3. The molecule has 2 heterocycles. The number of pyridine rings is 1. The quantitative estimate of drug-likeness (QED) is 0.911. The van der Waals surface area contributed by atoms with Crippen LogP contribution in [0.2, 0.25) is 0 Å². The van der Waals surface area contributed by atoms with E-state index < -0.39 is 0 Å². The highest BCUT2D eigenvalue weighted by atomic mass is 32.2. The first-order valence-corrected chi connectivity index (χ1v) is 8.29. The van der Waals surface area contributed by atoms with E-state index >= 15 is 0 Å². The van der Waals surface area contributed by atoms with Gasteiger partial charge in [-0.1, -0.05) is 13.0 Å². The zero-order valence-electron chi connectivity index (χ0n) is 10.2. The third kappa shape index (κ3) is 3.63. The van der Waals surface area contributed by atoms with Crippen molar-refractivity contribution in [3.05, 3.63) is 30.1 Å². The van der Waals surface area contributed by atoms with Crippen molar-refractivity contribution >= 4 is 23.5 Å². The molecular weight excluding hydrogens is 248 g/mol. The van der Waals surface area contributed by atoms with Crippen molar-refractivity contribution in [2.75, 3.05) is 11.5 Å². The number of hydrogen-bond acceptors (Lipinski definition) is 4. The van der Waals surface area contributed by atoms with Crippen LogP contribution in [0.1, 0.15) is 19.0 Å². The third-order valence-electron chi connectivity index (χ3n) is 3.09. The fraction of sp³-hybridized carbons (Fsp3) is 0.615. The Morgan fingerprint density at radius 1 is 1.41 bits per heavy atom. The van der Waals surface area contributed by atoms with Gasteiger partial charge >= 0.3 is 0 Å². The fourth-order valence-corrected chi connectivity index (χ4v) is 5.41. The first kappa shape index (κ1) is 13.2. The lowest BCUT2D eigenvalue weighted by molar-refractivity contribution is 0.591. The van der Waals surface area contributed by atoms with Gasteiger partial charge in [-0.3, -0.25) is 4.98 Å². The molecule has 94 valence electrons. The van der Waals surface area contributed by atoms with Gasteiger partial charge in [0.25, 0.3) is 0 Å². The predicted octanol–water partition coefficient (Wildman–Crippen LogP) is 2.58. The van der Waals surface area contributed by atoms with Gasteiger partial charge in [-0.2, -0.15) is 23.5 Å². The van der Waals surface area contributed by atoms with E-state index in [2.05, 4.69) is 29.7 Å². The molecule has 4 heteroatoms. The van der Waals surface area contributed by atoms with Gasteiger partial charge in [0.05, 0.1) is 0 Å². The Balaban J connectivity index is 1.96. The molecule has 1 aliphatic heterocycles. The summed E-state index contributed by atoms with van der Waals surface area (Å²) in [6.07, 6.45) is 3.97. The lowest BCUT2D eigenvalue weighted by Crippen LogP contribution is -2.43. The van der Waals surface area contributed by atoms with Crippen molar-refractivity contribution in [1.82, 2.24) is 4.98 Å². The van der Waals surface area contributed by atoms with Gasteiger partial charge in [0.2, 0.25) is 0 Å². The summed E-state index contributed by atoms with van der Waals surface area (Å²) < 4.78 is 0. The molecule has 1 fully saturated rings. The smallest absolute Gasteiger partial charge is 0.0419 e. The third-order valence-corrected chi connectivity index (χ3v) is 6.52. The molecule has 3 unspecified atom stereocenters. The van der Waals surface area contributed by atoms with Crippen LogP contribution in [0.3, 0.4) is 0 Å². The zero-order valence-corrected chi connectivity index (χ0v) is 11.8. The van der Waals surface area contributed by atoms with Crippen molar-refractivity contribution in [3.8, 4) is 0 Å². The molecule has 2 nitrogen and oxygen atoms in total. The lowest BCUT2D eigenvalue weighted by atomic mass is 10.0. The molecule has 1 saturated heterocycles. The highest BCUT2D eigenvalue weighted by molar-refractivity contribution is 8.07. The maximum absolute atomic E-state index is 6.37. The van der Waals surface area contributed by atoms with Crippen LogP contribution in [0, 0.1) is 0 Å². The topological polar surface area (TPSA) is 38.9 Å². The van der Waals surface area contributed by atoms with Gasteiger partial charge in [0.1, 0.15) is 0 Å². The Kier molecular flexibility index (Phi) is 5.19. The molecule has 0 amide bonds. The first-order valence-electron chi connectivity index (χ1n) is 6.20. The number of aromatic nitrogens is 1. The van der Waals surface area contributed by atoms with E-state index in [1.807, 2.05) is 30.1 Å². The SMILES string of the molecule is CCC1SCCSC1C(N)Cc1ccccn1. The summed E-state index contributed by atoms with van der Waals surface area (Å²) in [4.78, 5) is 4.37. The van der Waals surface area contributed by atoms with Gasteiger partial charge in [0.15, 0.2) is 0 Å². The number of nitrogens with zero attached hydrogens (tertiary/aromatic N) is 1. The molecule has 0 aromatic carbocycles. The molecule has 1 aromatic heterocycles. The molecule has 0 saturated carbocycles. The van der Waals surface area contributed by atoms with E-state index in [0.717, 1.165) is 12.1 Å². The monoisotopic (exact) mass is 268 g/mol. The number of rotatable bonds is 4. The highest BCUT2D eigenvalue weighted by Crippen LogP contribution is 2.35. The second-order valence-electron chi connectivity index (χ2n) is 4.34. The summed E-state index contributed by atoms with van der Waals surface area (Å²) >= 11 is 4.14. The van der Waals surface area contributed by atoms with Crippen LogP contribution >= 0.6 is 23.5 Å². The molecule has 2 N–H and O–H groups in total. The van der Waals surface area contributed by atoms with Crippen LogP contribution in [0.4, 0.5) is 0 Å². The van der Waals surface area contributed by atoms with Gasteiger partial charge < -0.3 is 5.73 Å². The zero-order chi connectivity index (χ0) is 12.1. The van der Waals surface area contributed by atoms with Crippen molar-refractivity contribution in [3.63, 3.8) is 0 Å². The average Bonchev–Trinajstić information content (AvgIpc) is 2.40. The van der Waals surface area contributed by atoms with E-state index in [4.69, 9.17) is 5.73 Å². The summed E-state index contributed by atoms with van der Waals surface area (Å²) in [6, 6.07) is 6.29. The first-order chi connectivity index (χ1) is 8.31. The second kappa shape index (κ2) is 6.66. The van der Waals surface area contributed by atoms with Crippen molar-refractivity contribution in [2.45, 2.75) is 36.3 Å². The summed E-state index contributed by atoms with van der Waals surface area (Å²) in [5.74, 6) is 2.51. The summed E-state index contributed by atoms with van der Waals surface area (Å²) in [7, 11) is 0. The minimum absolute atomic E-state index is 0.229. The van der Waals surface area contributed by atoms with Gasteiger partial charge in [-0.05, 0) is 18.6 Å². The van der Waals surface area contributed by atoms with Gasteiger partial charge in [-0.25, -0.2) is 0 Å². The molecule has 0 bridgehead atoms. The molecule has 0 spiro atoms. The van der Waals surface area contributed by atoms with Crippen LogP contribution in [-0.2, 0) is 6.42 Å². The average molecular weight is 268 g/mol. The van der Waals surface area contributed by atoms with Crippen LogP contribution in [0.15, 0.2) is 24.4 Å². The molecular formula is C13H20N2S2. The maximum atomic E-state index is 6.37. The maximum Gasteiger partial charge on any atom is 0.0419 e. The van der Waals surface area contributed by atoms with Crippen LogP contribution in [-0.4, -0.2) is 33.0 Å². The minimum Gasteiger partial charge on any atom is -0.326 e. The summed E-state index contributed by atoms with van der Waals surface area (Å²) in [5.41, 5.74) is 7.49. The predicted molar refractivity (Wildman–Crippen MR) is 78.7 cm³/mol. The highest BCUT2D eigenvalue weighted by Gasteiger charge is 2.30. The van der Waals surface area contributed by atoms with Gasteiger partial charge in [-0.15, -0.1) is 0 Å².